The van der Waals surface area contributed by atoms with Crippen LogP contribution in [0.25, 0.3) is 0 Å². The summed E-state index contributed by atoms with van der Waals surface area (Å²) in [6, 6.07) is 0. The first-order valence-corrected chi connectivity index (χ1v) is 43.9. The molecule has 10 aliphatic heterocycles. The number of carbonyl (C=O) groups excluding carboxylic acids is 2. The summed E-state index contributed by atoms with van der Waals surface area (Å²) in [7, 11) is -13.9. The Balaban J connectivity index is 1.08. The number of rotatable bonds is 40. The molecule has 135 heavy (non-hydrogen) atoms. The zero-order valence-corrected chi connectivity index (χ0v) is 71.1. The van der Waals surface area contributed by atoms with E-state index in [1.165, 1.54) is 0 Å². The number of aliphatic hydroxyl groups excluding tert-OH is 33. The zero-order valence-electron chi connectivity index (χ0n) is 69.3. The third-order valence-corrected chi connectivity index (χ3v) is 24.8. The predicted molar refractivity (Wildman–Crippen MR) is 384 cm³/mol. The van der Waals surface area contributed by atoms with Crippen molar-refractivity contribution in [1.82, 2.24) is 0 Å². The van der Waals surface area contributed by atoms with Gasteiger partial charge in [-0.15, -0.1) is 0 Å². The van der Waals surface area contributed by atoms with Crippen LogP contribution in [0.4, 0.5) is 0 Å². The van der Waals surface area contributed by atoms with Crippen LogP contribution in [-0.2, 0) is 118 Å². The summed E-state index contributed by atoms with van der Waals surface area (Å²) in [5.74, 6) is -13.1. The van der Waals surface area contributed by atoms with Gasteiger partial charge in [0.25, 0.3) is 0 Å². The third-order valence-electron chi connectivity index (χ3n) is 23.8. The third kappa shape index (κ3) is 25.4. The quantitative estimate of drug-likeness (QED) is 0.0253. The molecule has 0 radical (unpaired) electrons. The first-order valence-electron chi connectivity index (χ1n) is 41.0. The fourth-order valence-electron chi connectivity index (χ4n) is 16.4. The number of carboxylic acid groups (broad SMARTS) is 2. The van der Waals surface area contributed by atoms with Crippen molar-refractivity contribution >= 4 is 27.6 Å². The monoisotopic (exact) mass is 2030 g/mol. The van der Waals surface area contributed by atoms with Crippen molar-refractivity contribution in [3.8, 4) is 0 Å². The highest BCUT2D eigenvalue weighted by atomic mass is 31.2. The summed E-state index contributed by atoms with van der Waals surface area (Å²) in [5, 5.41) is 401. The van der Waals surface area contributed by atoms with Crippen molar-refractivity contribution in [2.75, 3.05) is 66.1 Å². The van der Waals surface area contributed by atoms with Crippen LogP contribution in [-0.4, -0.2) is 582 Å². The number of hydrogen-bond donors (Lipinski definition) is 34. The summed E-state index contributed by atoms with van der Waals surface area (Å²) in [6.07, 6.45) is -140. The molecule has 0 saturated carbocycles. The van der Waals surface area contributed by atoms with E-state index < -0.39 is 437 Å². The number of phosphoric acid groups is 2. The number of carbonyl (C=O) groups is 2. The van der Waals surface area contributed by atoms with E-state index in [1.807, 2.05) is 0 Å². The van der Waals surface area contributed by atoms with Crippen LogP contribution < -0.4 is 29.8 Å². The SMILES string of the molecule is O=C([O-])[C@@]1(O[C@@H]2C[C@](O)(C(=O)[O-])O[C@H]([C@H](O)CO)[C@@H]2O[C@H]2O[C@H]([C@@H](O)CO)[C@@H](OP(=O)([O-])[O-])[C@H](O[C@@H]3O[C@H]([C@H](O)CO[C@H]4O[C@H]([C@@H](O)CO)[C@@H](O)[C@H](O)[C@@H]4O)[C@@H](OP(=O)([O-])[O-])[C@H](O[C@@H]4O[C@H](CO[C@@H]5O[C@H](CO)[C@H](O)[C@H](O)[C@H]5O)[C@@H](O)[C@H](O[C@@H]5O[C@H](CO)[C@@H](O)[C@H](O)[C@H]5O[C@@H]5O[C@H](CO[C@H]6OC([C@@H](O)CO)[C@@H](O)[C@H](O)[C@@H]6O)[C@@H](O)[C@H](O)[C@H]5O)[C@H]4O)[C@@H]3O)[C@@H]2O)C[C@@H](O)[C@@H](O)[C@@H]([C@H](O)CO)O1. The van der Waals surface area contributed by atoms with Crippen molar-refractivity contribution in [3.05, 3.63) is 0 Å². The van der Waals surface area contributed by atoms with Crippen LogP contribution in [0.5, 0.6) is 0 Å². The number of phosphoric ester groups is 2. The minimum absolute atomic E-state index is 1.11. The van der Waals surface area contributed by atoms with E-state index in [0.717, 1.165) is 0 Å². The normalized spacial score (nSPS) is 48.0. The van der Waals surface area contributed by atoms with Crippen LogP contribution in [0.1, 0.15) is 12.8 Å². The highest BCUT2D eigenvalue weighted by Gasteiger charge is 2.64. The standard InChI is InChI=1S/C68H116O65P2/c69-3-14(77)44-35(93)32(90)38(96)58(120-44)113-10-19(82)48-56(133-135(110,111)112)53(43(101)63(123-48)127-52-42(100)62(122-47(17(80)6-72)55(52)132-134(107,108)109)124-50-20(2-67(106,65(102)103)130-49(50)18(81)7-73)129-68(66(104)105)1-13(76)25(83)46(131-68)16(79)5-71)126-61-41(99)51(29(87)24(119-61)12-114-57-37(95)30(88)26(84)21(8-74)116-57)125-64-54(34(92)27(85)22(9-75)117-64)128-60-40(98)31(89)28(86)23(118-60)11-115-59-39(97)33(91)36(94)45(121-59)15(78)4-70/h13-64,69-101,106H,1-12H2,(H,102,103)(H,104,105)(H2,107,108,109)(H2,110,111,112)/p-6/t13-,14+,15+,16-,17+,18-,19-,20-,21-,22-,23-,24-,25-,26+,27-,28-,29-,30+,31+,32+,33+,34+,35+,36+,37-,38+,39+,40-,41-,42+,43+,44-,45?,46-,47-,48-,49-,50-,51+,52-,53-,54-,55-,56-,57-,58+,59+,60+,61+,62-,63+,64+,67-,68-/m1/s1. The van der Waals surface area contributed by atoms with Gasteiger partial charge in [0.15, 0.2) is 50.3 Å². The number of aliphatic hydroxyl groups is 34. The summed E-state index contributed by atoms with van der Waals surface area (Å²) >= 11 is 0. The predicted octanol–water partition coefficient (Wildman–Crippen LogP) is -30.6. The highest BCUT2D eigenvalue weighted by molar-refractivity contribution is 7.43. The van der Waals surface area contributed by atoms with Gasteiger partial charge in [0.05, 0.1) is 93.9 Å². The minimum atomic E-state index is -7.02. The molecule has 54 atom stereocenters. The molecule has 0 bridgehead atoms. The summed E-state index contributed by atoms with van der Waals surface area (Å²) in [5.41, 5.74) is 0. The molecule has 0 aromatic carbocycles. The van der Waals surface area contributed by atoms with E-state index in [2.05, 4.69) is 0 Å². The van der Waals surface area contributed by atoms with Gasteiger partial charge >= 0.3 is 0 Å². The van der Waals surface area contributed by atoms with Gasteiger partial charge < -0.3 is 321 Å². The van der Waals surface area contributed by atoms with Crippen LogP contribution in [0.3, 0.4) is 0 Å². The molecule has 67 heteroatoms. The van der Waals surface area contributed by atoms with Crippen LogP contribution in [0.15, 0.2) is 0 Å². The van der Waals surface area contributed by atoms with E-state index in [0.29, 0.717) is 0 Å². The van der Waals surface area contributed by atoms with Gasteiger partial charge in [-0.1, -0.05) is 0 Å². The van der Waals surface area contributed by atoms with Gasteiger partial charge in [-0.05, 0) is 0 Å². The lowest BCUT2D eigenvalue weighted by molar-refractivity contribution is -0.429. The maximum absolute atomic E-state index is 13.3. The fourth-order valence-corrected chi connectivity index (χ4v) is 17.5. The van der Waals surface area contributed by atoms with Crippen molar-refractivity contribution in [3.63, 3.8) is 0 Å². The molecule has 10 saturated heterocycles. The largest absolute Gasteiger partial charge is 0.790 e. The Kier molecular flexibility index (Phi) is 40.1. The second-order valence-electron chi connectivity index (χ2n) is 33.0. The van der Waals surface area contributed by atoms with Gasteiger partial charge in [-0.25, -0.2) is 0 Å². The molecule has 10 fully saturated rings. The van der Waals surface area contributed by atoms with E-state index in [4.69, 9.17) is 99.0 Å². The molecule has 0 aromatic heterocycles. The average molecular weight is 2030 g/mol. The molecule has 0 aromatic rings. The van der Waals surface area contributed by atoms with Crippen LogP contribution >= 0.6 is 15.6 Å². The molecular weight excluding hydrogens is 1920 g/mol. The van der Waals surface area contributed by atoms with E-state index >= 15 is 0 Å². The topological polar surface area (TPSA) is 1090 Å². The van der Waals surface area contributed by atoms with Crippen molar-refractivity contribution in [1.29, 1.82) is 0 Å². The summed E-state index contributed by atoms with van der Waals surface area (Å²) < 4.78 is 143. The summed E-state index contributed by atoms with van der Waals surface area (Å²) in [6.45, 7) is -14.2. The molecule has 0 amide bonds. The highest BCUT2D eigenvalue weighted by Crippen LogP contribution is 2.47. The lowest BCUT2D eigenvalue weighted by Gasteiger charge is -2.54. The maximum Gasteiger partial charge on any atom is 0.212 e. The second kappa shape index (κ2) is 47.5. The van der Waals surface area contributed by atoms with Crippen LogP contribution in [0, 0.1) is 0 Å². The molecule has 0 aliphatic carbocycles. The van der Waals surface area contributed by atoms with E-state index in [-0.39, 0.29) is 0 Å². The number of ether oxygens (including phenoxy) is 19. The Morgan fingerprint density at radius 2 is 0.659 bits per heavy atom. The number of hydrogen-bond acceptors (Lipinski definition) is 65. The van der Waals surface area contributed by atoms with Gasteiger partial charge in [0, 0.05) is 12.8 Å². The zero-order chi connectivity index (χ0) is 101. The second-order valence-corrected chi connectivity index (χ2v) is 35.2. The first kappa shape index (κ1) is 114. The van der Waals surface area contributed by atoms with Gasteiger partial charge in [0.1, 0.15) is 268 Å². The molecule has 788 valence electrons. The molecule has 34 N–H and O–H groups in total. The smallest absolute Gasteiger partial charge is 0.212 e. The Morgan fingerprint density at radius 1 is 0.319 bits per heavy atom. The number of carboxylic acids is 2. The number of aliphatic carboxylic acids is 2. The Hall–Kier alpha value is -2.96. The van der Waals surface area contributed by atoms with Gasteiger partial charge in [-0.3, -0.25) is 0 Å². The molecular formula is C68H110O65P2-6. The molecule has 65 nitrogen and oxygen atoms in total. The average Bonchev–Trinajstić information content (AvgIpc) is 0.742. The fraction of sp³-hybridized carbons (Fsp3) is 0.971. The van der Waals surface area contributed by atoms with Crippen molar-refractivity contribution in [2.24, 2.45) is 0 Å². The lowest BCUT2D eigenvalue weighted by atomic mass is 9.89. The van der Waals surface area contributed by atoms with Crippen molar-refractivity contribution < 1.29 is 321 Å². The molecule has 10 heterocycles. The Morgan fingerprint density at radius 3 is 1.11 bits per heavy atom. The molecule has 10 aliphatic rings. The van der Waals surface area contributed by atoms with Gasteiger partial charge in [0.2, 0.25) is 11.6 Å². The minimum Gasteiger partial charge on any atom is -0.790 e. The molecule has 0 spiro atoms. The molecule has 10 rings (SSSR count). The molecule has 1 unspecified atom stereocenters. The van der Waals surface area contributed by atoms with Crippen molar-refractivity contribution in [2.45, 2.75) is 343 Å². The lowest BCUT2D eigenvalue weighted by Crippen LogP contribution is -2.72. The Labute approximate surface area is 756 Å². The van der Waals surface area contributed by atoms with E-state index in [1.54, 1.807) is 0 Å². The summed E-state index contributed by atoms with van der Waals surface area (Å²) in [4.78, 5) is 78.7. The maximum atomic E-state index is 13.3. The van der Waals surface area contributed by atoms with Crippen LogP contribution in [0.2, 0.25) is 0 Å². The Bertz CT molecular complexity index is 3780. The first-order chi connectivity index (χ1) is 63.1. The van der Waals surface area contributed by atoms with E-state index in [9.17, 15) is 222 Å². The van der Waals surface area contributed by atoms with Gasteiger partial charge in [-0.2, -0.15) is 0 Å².